The molecule has 0 saturated carbocycles. The third-order valence-corrected chi connectivity index (χ3v) is 3.18. The van der Waals surface area contributed by atoms with Gasteiger partial charge in [-0.15, -0.1) is 0 Å². The number of hydrogen-bond donors (Lipinski definition) is 3. The molecule has 0 radical (unpaired) electrons. The van der Waals surface area contributed by atoms with E-state index in [0.29, 0.717) is 0 Å². The summed E-state index contributed by atoms with van der Waals surface area (Å²) in [5.74, 6) is 0. The first-order valence-corrected chi connectivity index (χ1v) is 6.46. The summed E-state index contributed by atoms with van der Waals surface area (Å²) in [4.78, 5) is 27.5. The predicted octanol–water partition coefficient (Wildman–Crippen LogP) is -1.52. The number of azide groups is 1. The molecule has 11 heteroatoms. The van der Waals surface area contributed by atoms with Gasteiger partial charge < -0.3 is 19.7 Å². The molecule has 2 rings (SSSR count). The van der Waals surface area contributed by atoms with Gasteiger partial charge >= 0.3 is 5.69 Å². The molecule has 1 aliphatic rings. The van der Waals surface area contributed by atoms with Crippen LogP contribution in [0.1, 0.15) is 6.23 Å². The van der Waals surface area contributed by atoms with Crippen LogP contribution in [0.3, 0.4) is 0 Å². The van der Waals surface area contributed by atoms with Gasteiger partial charge in [0.2, 0.25) is 0 Å². The van der Waals surface area contributed by atoms with E-state index in [2.05, 4.69) is 15.0 Å². The number of aliphatic hydroxyl groups excluding tert-OH is 2. The molecule has 2 heterocycles. The Kier molecular flexibility index (Phi) is 5.31. The summed E-state index contributed by atoms with van der Waals surface area (Å²) in [5, 5.41) is 22.6. The number of aromatic nitrogens is 2. The van der Waals surface area contributed by atoms with Crippen LogP contribution in [0, 0.1) is 0 Å². The van der Waals surface area contributed by atoms with Gasteiger partial charge in [-0.1, -0.05) is 5.11 Å². The van der Waals surface area contributed by atoms with E-state index in [-0.39, 0.29) is 13.2 Å². The van der Waals surface area contributed by atoms with Crippen molar-refractivity contribution < 1.29 is 19.7 Å². The summed E-state index contributed by atoms with van der Waals surface area (Å²) in [7, 11) is 0. The lowest BCUT2D eigenvalue weighted by Crippen LogP contribution is -2.39. The van der Waals surface area contributed by atoms with Gasteiger partial charge in [0.05, 0.1) is 13.2 Å². The molecule has 1 aromatic rings. The largest absolute Gasteiger partial charge is 0.394 e. The second kappa shape index (κ2) is 7.20. The highest BCUT2D eigenvalue weighted by Crippen LogP contribution is 2.30. The average Bonchev–Trinajstić information content (AvgIpc) is 2.80. The lowest BCUT2D eigenvalue weighted by atomic mass is 10.1. The Morgan fingerprint density at radius 2 is 2.32 bits per heavy atom. The van der Waals surface area contributed by atoms with Crippen molar-refractivity contribution in [2.75, 3.05) is 19.8 Å². The van der Waals surface area contributed by atoms with Crippen molar-refractivity contribution in [2.24, 2.45) is 5.11 Å². The maximum absolute atomic E-state index is 11.8. The fourth-order valence-electron chi connectivity index (χ4n) is 2.18. The Labute approximate surface area is 123 Å². The number of nitrogens with zero attached hydrogens (tertiary/aromatic N) is 4. The first kappa shape index (κ1) is 16.2. The Morgan fingerprint density at radius 1 is 1.55 bits per heavy atom. The molecule has 1 fully saturated rings. The van der Waals surface area contributed by atoms with E-state index in [0.717, 1.165) is 10.6 Å². The third-order valence-electron chi connectivity index (χ3n) is 3.18. The van der Waals surface area contributed by atoms with Crippen molar-refractivity contribution in [2.45, 2.75) is 24.5 Å². The molecule has 0 bridgehead atoms. The fourth-order valence-corrected chi connectivity index (χ4v) is 2.18. The van der Waals surface area contributed by atoms with Gasteiger partial charge in [0.25, 0.3) is 5.56 Å². The van der Waals surface area contributed by atoms with E-state index < -0.39 is 42.4 Å². The van der Waals surface area contributed by atoms with E-state index in [1.54, 1.807) is 0 Å². The van der Waals surface area contributed by atoms with Gasteiger partial charge in [0.1, 0.15) is 18.3 Å². The minimum Gasteiger partial charge on any atom is -0.394 e. The highest BCUT2D eigenvalue weighted by Gasteiger charge is 2.45. The monoisotopic (exact) mass is 313 g/mol. The minimum atomic E-state index is -1.18. The minimum absolute atomic E-state index is 0.00188. The molecule has 1 aliphatic heterocycles. The molecule has 1 aromatic heterocycles. The van der Waals surface area contributed by atoms with Gasteiger partial charge in [-0.2, -0.15) is 0 Å². The standard InChI is InChI=1S/C11H15N5O6/c12-15-13-2-4-21-9-8(19)6(5-17)22-10(9)16-3-1-7(18)14-11(16)20/h1,3,6,8-10,17,19H,2,4-5H2,(H,14,18,20)/t6-,8?,9?,10-/m1/s1. The van der Waals surface area contributed by atoms with Crippen molar-refractivity contribution in [3.63, 3.8) is 0 Å². The lowest BCUT2D eigenvalue weighted by Gasteiger charge is -2.21. The number of rotatable bonds is 6. The van der Waals surface area contributed by atoms with Crippen LogP contribution >= 0.6 is 0 Å². The van der Waals surface area contributed by atoms with Crippen LogP contribution in [0.5, 0.6) is 0 Å². The zero-order valence-corrected chi connectivity index (χ0v) is 11.4. The molecular weight excluding hydrogens is 298 g/mol. The summed E-state index contributed by atoms with van der Waals surface area (Å²) in [6.07, 6.45) is -2.90. The number of aliphatic hydroxyl groups is 2. The summed E-state index contributed by atoms with van der Waals surface area (Å²) in [6, 6.07) is 1.13. The number of ether oxygens (including phenoxy) is 2. The van der Waals surface area contributed by atoms with E-state index >= 15 is 0 Å². The second-order valence-corrected chi connectivity index (χ2v) is 4.55. The number of hydrogen-bond acceptors (Lipinski definition) is 7. The van der Waals surface area contributed by atoms with Gasteiger partial charge in [-0.3, -0.25) is 14.3 Å². The molecule has 4 atom stereocenters. The normalized spacial score (nSPS) is 27.5. The van der Waals surface area contributed by atoms with Crippen LogP contribution < -0.4 is 11.2 Å². The van der Waals surface area contributed by atoms with Crippen LogP contribution in [-0.2, 0) is 9.47 Å². The highest BCUT2D eigenvalue weighted by atomic mass is 16.6. The maximum atomic E-state index is 11.8. The number of H-pyrrole nitrogens is 1. The first-order chi connectivity index (χ1) is 10.6. The third kappa shape index (κ3) is 3.35. The molecular formula is C11H15N5O6. The molecule has 0 aromatic carbocycles. The summed E-state index contributed by atoms with van der Waals surface area (Å²) >= 11 is 0. The molecule has 120 valence electrons. The van der Waals surface area contributed by atoms with Crippen molar-refractivity contribution in [1.29, 1.82) is 0 Å². The van der Waals surface area contributed by atoms with Crippen LogP contribution in [-0.4, -0.2) is 57.8 Å². The SMILES string of the molecule is [N-]=[N+]=NCCOC1C(O)[C@@H](CO)O[C@H]1n1ccc(=O)[nH]c1=O. The number of nitrogens with one attached hydrogen (secondary N) is 1. The average molecular weight is 313 g/mol. The van der Waals surface area contributed by atoms with E-state index in [1.807, 2.05) is 0 Å². The molecule has 0 spiro atoms. The highest BCUT2D eigenvalue weighted by molar-refractivity contribution is 4.94. The summed E-state index contributed by atoms with van der Waals surface area (Å²) < 4.78 is 11.9. The Hall–Kier alpha value is -2.17. The Bertz CT molecular complexity index is 665. The molecule has 1 saturated heterocycles. The molecule has 0 amide bonds. The summed E-state index contributed by atoms with van der Waals surface area (Å²) in [6.45, 7) is -0.426. The van der Waals surface area contributed by atoms with Gasteiger partial charge in [-0.05, 0) is 5.53 Å². The van der Waals surface area contributed by atoms with Gasteiger partial charge in [-0.25, -0.2) is 4.79 Å². The van der Waals surface area contributed by atoms with Crippen molar-refractivity contribution >= 4 is 0 Å². The predicted molar refractivity (Wildman–Crippen MR) is 72.1 cm³/mol. The van der Waals surface area contributed by atoms with Crippen LogP contribution in [0.15, 0.2) is 27.0 Å². The fraction of sp³-hybridized carbons (Fsp3) is 0.636. The van der Waals surface area contributed by atoms with Crippen LogP contribution in [0.4, 0.5) is 0 Å². The zero-order valence-electron chi connectivity index (χ0n) is 11.4. The smallest absolute Gasteiger partial charge is 0.330 e. The van der Waals surface area contributed by atoms with Crippen LogP contribution in [0.25, 0.3) is 10.4 Å². The van der Waals surface area contributed by atoms with E-state index in [1.165, 1.54) is 6.20 Å². The maximum Gasteiger partial charge on any atom is 0.330 e. The molecule has 2 unspecified atom stereocenters. The van der Waals surface area contributed by atoms with Crippen molar-refractivity contribution in [3.8, 4) is 0 Å². The van der Waals surface area contributed by atoms with Gasteiger partial charge in [0, 0.05) is 23.7 Å². The first-order valence-electron chi connectivity index (χ1n) is 6.46. The van der Waals surface area contributed by atoms with Gasteiger partial charge in [0.15, 0.2) is 6.23 Å². The summed E-state index contributed by atoms with van der Waals surface area (Å²) in [5.41, 5.74) is 6.90. The van der Waals surface area contributed by atoms with Crippen molar-refractivity contribution in [1.82, 2.24) is 9.55 Å². The molecule has 3 N–H and O–H groups in total. The van der Waals surface area contributed by atoms with Crippen molar-refractivity contribution in [3.05, 3.63) is 43.5 Å². The van der Waals surface area contributed by atoms with E-state index in [4.69, 9.17) is 15.0 Å². The Morgan fingerprint density at radius 3 is 2.95 bits per heavy atom. The second-order valence-electron chi connectivity index (χ2n) is 4.55. The molecule has 22 heavy (non-hydrogen) atoms. The van der Waals surface area contributed by atoms with E-state index in [9.17, 15) is 19.8 Å². The quantitative estimate of drug-likeness (QED) is 0.250. The number of aromatic amines is 1. The molecule has 0 aliphatic carbocycles. The Balaban J connectivity index is 2.23. The topological polar surface area (TPSA) is 163 Å². The zero-order chi connectivity index (χ0) is 16.1. The lowest BCUT2D eigenvalue weighted by molar-refractivity contribution is -0.0726. The molecule has 11 nitrogen and oxygen atoms in total. The van der Waals surface area contributed by atoms with Crippen LogP contribution in [0.2, 0.25) is 0 Å².